The van der Waals surface area contributed by atoms with E-state index in [-0.39, 0.29) is 11.5 Å². The van der Waals surface area contributed by atoms with Gasteiger partial charge in [-0.25, -0.2) is 4.79 Å². The fourth-order valence-corrected chi connectivity index (χ4v) is 4.12. The van der Waals surface area contributed by atoms with Gasteiger partial charge >= 0.3 is 6.09 Å². The van der Waals surface area contributed by atoms with Crippen molar-refractivity contribution in [3.8, 4) is 0 Å². The van der Waals surface area contributed by atoms with E-state index in [0.29, 0.717) is 0 Å². The van der Waals surface area contributed by atoms with Crippen LogP contribution in [0.4, 0.5) is 4.79 Å². The van der Waals surface area contributed by atoms with Crippen molar-refractivity contribution in [3.63, 3.8) is 0 Å². The van der Waals surface area contributed by atoms with Crippen molar-refractivity contribution >= 4 is 33.4 Å². The molecule has 130 valence electrons. The predicted octanol–water partition coefficient (Wildman–Crippen LogP) is 4.64. The van der Waals surface area contributed by atoms with Crippen molar-refractivity contribution in [2.24, 2.45) is 5.41 Å². The first kappa shape index (κ1) is 18.7. The normalized spacial score (nSPS) is 18.0. The molecular formula is C17H27BrN2O2S. The molecule has 1 saturated heterocycles. The Morgan fingerprint density at radius 3 is 2.57 bits per heavy atom. The molecule has 1 N–H and O–H groups in total. The van der Waals surface area contributed by atoms with E-state index >= 15 is 0 Å². The van der Waals surface area contributed by atoms with Crippen LogP contribution >= 0.6 is 27.3 Å². The second kappa shape index (κ2) is 7.53. The first-order chi connectivity index (χ1) is 10.7. The van der Waals surface area contributed by atoms with Gasteiger partial charge < -0.3 is 15.0 Å². The first-order valence-corrected chi connectivity index (χ1v) is 9.71. The molecule has 23 heavy (non-hydrogen) atoms. The fourth-order valence-electron chi connectivity index (χ4n) is 2.67. The number of hydrogen-bond acceptors (Lipinski definition) is 4. The van der Waals surface area contributed by atoms with Crippen LogP contribution in [0, 0.1) is 5.41 Å². The predicted molar refractivity (Wildman–Crippen MR) is 98.9 cm³/mol. The molecule has 0 aliphatic carbocycles. The highest BCUT2D eigenvalue weighted by Crippen LogP contribution is 2.31. The molecule has 1 fully saturated rings. The number of thiophene rings is 1. The maximum atomic E-state index is 12.1. The van der Waals surface area contributed by atoms with E-state index in [1.165, 1.54) is 8.66 Å². The number of carbonyl (C=O) groups excluding carboxylic acids is 1. The van der Waals surface area contributed by atoms with Gasteiger partial charge in [0.15, 0.2) is 0 Å². The van der Waals surface area contributed by atoms with E-state index in [1.54, 1.807) is 11.3 Å². The number of amides is 1. The van der Waals surface area contributed by atoms with Crippen LogP contribution in [0.3, 0.4) is 0 Å². The van der Waals surface area contributed by atoms with E-state index in [4.69, 9.17) is 4.74 Å². The summed E-state index contributed by atoms with van der Waals surface area (Å²) in [5.41, 5.74) is -0.179. The summed E-state index contributed by atoms with van der Waals surface area (Å²) in [6, 6.07) is 4.23. The molecule has 1 aliphatic heterocycles. The van der Waals surface area contributed by atoms with Crippen molar-refractivity contribution in [1.82, 2.24) is 10.2 Å². The average Bonchev–Trinajstić information content (AvgIpc) is 2.83. The number of nitrogens with one attached hydrogen (secondary N) is 1. The summed E-state index contributed by atoms with van der Waals surface area (Å²) < 4.78 is 6.63. The zero-order chi connectivity index (χ0) is 17.1. The summed E-state index contributed by atoms with van der Waals surface area (Å²) in [6.45, 7) is 11.5. The average molecular weight is 403 g/mol. The van der Waals surface area contributed by atoms with Crippen molar-refractivity contribution in [2.45, 2.75) is 52.7 Å². The van der Waals surface area contributed by atoms with Crippen molar-refractivity contribution in [2.75, 3.05) is 19.6 Å². The first-order valence-electron chi connectivity index (χ1n) is 8.10. The molecule has 0 atom stereocenters. The molecule has 1 aromatic rings. The number of nitrogens with zero attached hydrogens (tertiary/aromatic N) is 1. The van der Waals surface area contributed by atoms with E-state index < -0.39 is 5.60 Å². The van der Waals surface area contributed by atoms with Crippen LogP contribution in [-0.4, -0.2) is 36.2 Å². The summed E-state index contributed by atoms with van der Waals surface area (Å²) in [5, 5.41) is 3.56. The van der Waals surface area contributed by atoms with Gasteiger partial charge in [0.2, 0.25) is 0 Å². The lowest BCUT2D eigenvalue weighted by Gasteiger charge is -2.39. The Kier molecular flexibility index (Phi) is 6.14. The summed E-state index contributed by atoms with van der Waals surface area (Å²) in [5.74, 6) is 0. The van der Waals surface area contributed by atoms with Crippen LogP contribution in [0.2, 0.25) is 0 Å². The minimum atomic E-state index is -0.422. The van der Waals surface area contributed by atoms with E-state index in [9.17, 15) is 4.79 Å². The number of hydrogen-bond donors (Lipinski definition) is 1. The quantitative estimate of drug-likeness (QED) is 0.797. The number of piperidine rings is 1. The Hall–Kier alpha value is -0.590. The van der Waals surface area contributed by atoms with E-state index in [2.05, 4.69) is 40.3 Å². The number of rotatable bonds is 4. The number of halogens is 1. The van der Waals surface area contributed by atoms with E-state index in [0.717, 1.165) is 39.0 Å². The van der Waals surface area contributed by atoms with Gasteiger partial charge in [0.25, 0.3) is 0 Å². The van der Waals surface area contributed by atoms with Gasteiger partial charge in [0, 0.05) is 31.1 Å². The third-order valence-electron chi connectivity index (χ3n) is 4.10. The largest absolute Gasteiger partial charge is 0.444 e. The minimum Gasteiger partial charge on any atom is -0.444 e. The SMILES string of the molecule is CC1(CNCc2ccc(Br)s2)CCN(C(=O)OC(C)(C)C)CC1. The van der Waals surface area contributed by atoms with Crippen LogP contribution < -0.4 is 5.32 Å². The van der Waals surface area contributed by atoms with Gasteiger partial charge in [-0.05, 0) is 67.1 Å². The molecule has 0 aromatic carbocycles. The fraction of sp³-hybridized carbons (Fsp3) is 0.706. The second-order valence-corrected chi connectivity index (χ2v) is 10.1. The van der Waals surface area contributed by atoms with Gasteiger partial charge in [-0.2, -0.15) is 0 Å². The van der Waals surface area contributed by atoms with E-state index in [1.807, 2.05) is 25.7 Å². The van der Waals surface area contributed by atoms with Gasteiger partial charge in [-0.1, -0.05) is 6.92 Å². The molecule has 0 spiro atoms. The molecule has 1 aromatic heterocycles. The van der Waals surface area contributed by atoms with Gasteiger partial charge in [0.1, 0.15) is 5.60 Å². The van der Waals surface area contributed by atoms with Crippen LogP contribution in [0.25, 0.3) is 0 Å². The smallest absolute Gasteiger partial charge is 0.410 e. The lowest BCUT2D eigenvalue weighted by molar-refractivity contribution is 0.0119. The van der Waals surface area contributed by atoms with Gasteiger partial charge in [-0.3, -0.25) is 0 Å². The zero-order valence-electron chi connectivity index (χ0n) is 14.4. The summed E-state index contributed by atoms with van der Waals surface area (Å²) >= 11 is 5.26. The highest BCUT2D eigenvalue weighted by molar-refractivity contribution is 9.11. The Labute approximate surface area is 151 Å². The van der Waals surface area contributed by atoms with Crippen molar-refractivity contribution in [1.29, 1.82) is 0 Å². The number of likely N-dealkylation sites (tertiary alicyclic amines) is 1. The third-order valence-corrected chi connectivity index (χ3v) is 5.73. The van der Waals surface area contributed by atoms with Crippen molar-refractivity contribution in [3.05, 3.63) is 20.8 Å². The molecule has 6 heteroatoms. The Morgan fingerprint density at radius 1 is 1.39 bits per heavy atom. The third kappa shape index (κ3) is 6.08. The second-order valence-electron chi connectivity index (χ2n) is 7.59. The molecule has 2 rings (SSSR count). The maximum absolute atomic E-state index is 12.1. The van der Waals surface area contributed by atoms with Crippen LogP contribution in [0.15, 0.2) is 15.9 Å². The topological polar surface area (TPSA) is 41.6 Å². The summed E-state index contributed by atoms with van der Waals surface area (Å²) in [6.07, 6.45) is 1.83. The van der Waals surface area contributed by atoms with Gasteiger partial charge in [0.05, 0.1) is 3.79 Å². The van der Waals surface area contributed by atoms with Crippen LogP contribution in [0.5, 0.6) is 0 Å². The highest BCUT2D eigenvalue weighted by Gasteiger charge is 2.33. The number of carbonyl (C=O) groups is 1. The zero-order valence-corrected chi connectivity index (χ0v) is 16.8. The lowest BCUT2D eigenvalue weighted by Crippen LogP contribution is -2.47. The minimum absolute atomic E-state index is 0.184. The molecule has 0 radical (unpaired) electrons. The number of ether oxygens (including phenoxy) is 1. The molecule has 1 amide bonds. The lowest BCUT2D eigenvalue weighted by atomic mass is 9.80. The molecule has 2 heterocycles. The monoisotopic (exact) mass is 402 g/mol. The van der Waals surface area contributed by atoms with Crippen LogP contribution in [-0.2, 0) is 11.3 Å². The van der Waals surface area contributed by atoms with Gasteiger partial charge in [-0.15, -0.1) is 11.3 Å². The molecule has 1 aliphatic rings. The molecule has 0 saturated carbocycles. The molecule has 0 unspecified atom stereocenters. The summed E-state index contributed by atoms with van der Waals surface area (Å²) in [7, 11) is 0. The Bertz CT molecular complexity index is 531. The Morgan fingerprint density at radius 2 is 2.04 bits per heavy atom. The molecule has 4 nitrogen and oxygen atoms in total. The standard InChI is InChI=1S/C17H27BrN2O2S/c1-16(2,3)22-15(21)20-9-7-17(4,8-10-20)12-19-11-13-5-6-14(18)23-13/h5-6,19H,7-12H2,1-4H3. The van der Waals surface area contributed by atoms with Crippen molar-refractivity contribution < 1.29 is 9.53 Å². The summed E-state index contributed by atoms with van der Waals surface area (Å²) in [4.78, 5) is 15.3. The van der Waals surface area contributed by atoms with Crippen LogP contribution in [0.1, 0.15) is 45.4 Å². The highest BCUT2D eigenvalue weighted by atomic mass is 79.9. The molecular weight excluding hydrogens is 376 g/mol. The molecule has 0 bridgehead atoms. The Balaban J connectivity index is 1.74. The maximum Gasteiger partial charge on any atom is 0.410 e.